The molecule has 0 radical (unpaired) electrons. The average Bonchev–Trinajstić information content (AvgIpc) is 2.06. The third-order valence-corrected chi connectivity index (χ3v) is 3.12. The van der Waals surface area contributed by atoms with E-state index in [0.29, 0.717) is 0 Å². The van der Waals surface area contributed by atoms with Crippen LogP contribution in [0.1, 0.15) is 32.1 Å². The van der Waals surface area contributed by atoms with E-state index >= 15 is 0 Å². The van der Waals surface area contributed by atoms with Crippen LogP contribution >= 0.6 is 15.9 Å². The Morgan fingerprint density at radius 3 is 2.50 bits per heavy atom. The zero-order chi connectivity index (χ0) is 8.86. The lowest BCUT2D eigenvalue weighted by atomic mass is 9.87. The fourth-order valence-electron chi connectivity index (χ4n) is 1.69. The molecule has 0 aromatic heterocycles. The number of piperidine rings is 1. The molecule has 0 spiro atoms. The summed E-state index contributed by atoms with van der Waals surface area (Å²) in [6.45, 7) is 1.95. The maximum atomic E-state index is 10.0. The standard InChI is InChI=1S/C9H18BrNO/c10-6-2-1-3-9(12)4-7-11-8-5-9/h11-12H,1-8H2. The van der Waals surface area contributed by atoms with E-state index in [4.69, 9.17) is 0 Å². The van der Waals surface area contributed by atoms with Gasteiger partial charge in [0.1, 0.15) is 0 Å². The Morgan fingerprint density at radius 2 is 1.92 bits per heavy atom. The first kappa shape index (κ1) is 10.5. The van der Waals surface area contributed by atoms with Gasteiger partial charge >= 0.3 is 0 Å². The Labute approximate surface area is 82.9 Å². The molecule has 0 bridgehead atoms. The quantitative estimate of drug-likeness (QED) is 0.574. The van der Waals surface area contributed by atoms with Gasteiger partial charge in [-0.2, -0.15) is 0 Å². The molecule has 0 aliphatic carbocycles. The number of nitrogens with one attached hydrogen (secondary N) is 1. The molecule has 1 aliphatic heterocycles. The molecule has 3 heteroatoms. The number of alkyl halides is 1. The van der Waals surface area contributed by atoms with Gasteiger partial charge in [-0.15, -0.1) is 0 Å². The zero-order valence-electron chi connectivity index (χ0n) is 7.48. The van der Waals surface area contributed by atoms with E-state index in [1.807, 2.05) is 0 Å². The molecule has 2 N–H and O–H groups in total. The van der Waals surface area contributed by atoms with Crippen molar-refractivity contribution in [2.75, 3.05) is 18.4 Å². The van der Waals surface area contributed by atoms with Crippen LogP contribution in [0, 0.1) is 0 Å². The van der Waals surface area contributed by atoms with Crippen molar-refractivity contribution < 1.29 is 5.11 Å². The van der Waals surface area contributed by atoms with Crippen molar-refractivity contribution in [1.29, 1.82) is 0 Å². The molecule has 12 heavy (non-hydrogen) atoms. The molecule has 0 atom stereocenters. The summed E-state index contributed by atoms with van der Waals surface area (Å²) in [4.78, 5) is 0. The average molecular weight is 236 g/mol. The number of hydrogen-bond acceptors (Lipinski definition) is 2. The first-order valence-electron chi connectivity index (χ1n) is 4.76. The van der Waals surface area contributed by atoms with Gasteiger partial charge in [0, 0.05) is 5.33 Å². The summed E-state index contributed by atoms with van der Waals surface area (Å²) in [5, 5.41) is 14.4. The second-order valence-corrected chi connectivity index (χ2v) is 4.41. The van der Waals surface area contributed by atoms with E-state index in [1.165, 1.54) is 6.42 Å². The zero-order valence-corrected chi connectivity index (χ0v) is 9.07. The summed E-state index contributed by atoms with van der Waals surface area (Å²) >= 11 is 3.40. The van der Waals surface area contributed by atoms with E-state index in [2.05, 4.69) is 21.2 Å². The number of aliphatic hydroxyl groups is 1. The van der Waals surface area contributed by atoms with Crippen molar-refractivity contribution in [3.8, 4) is 0 Å². The maximum Gasteiger partial charge on any atom is 0.0672 e. The molecule has 0 amide bonds. The highest BCUT2D eigenvalue weighted by atomic mass is 79.9. The molecule has 0 aromatic rings. The van der Waals surface area contributed by atoms with E-state index in [-0.39, 0.29) is 5.60 Å². The van der Waals surface area contributed by atoms with E-state index in [1.54, 1.807) is 0 Å². The van der Waals surface area contributed by atoms with Crippen LogP contribution < -0.4 is 5.32 Å². The molecule has 2 nitrogen and oxygen atoms in total. The molecule has 0 unspecified atom stereocenters. The van der Waals surface area contributed by atoms with Gasteiger partial charge in [-0.05, 0) is 45.2 Å². The van der Waals surface area contributed by atoms with Crippen molar-refractivity contribution in [3.63, 3.8) is 0 Å². The number of hydrogen-bond donors (Lipinski definition) is 2. The van der Waals surface area contributed by atoms with Gasteiger partial charge in [-0.1, -0.05) is 15.9 Å². The molecule has 1 aliphatic rings. The van der Waals surface area contributed by atoms with Crippen molar-refractivity contribution in [2.24, 2.45) is 0 Å². The Balaban J connectivity index is 2.17. The normalized spacial score (nSPS) is 22.5. The minimum atomic E-state index is -0.354. The summed E-state index contributed by atoms with van der Waals surface area (Å²) in [7, 11) is 0. The van der Waals surface area contributed by atoms with Gasteiger partial charge in [0.15, 0.2) is 0 Å². The van der Waals surface area contributed by atoms with Crippen LogP contribution in [0.15, 0.2) is 0 Å². The molecule has 1 heterocycles. The number of halogens is 1. The summed E-state index contributed by atoms with van der Waals surface area (Å²) in [5.74, 6) is 0. The molecule has 1 rings (SSSR count). The summed E-state index contributed by atoms with van der Waals surface area (Å²) in [6.07, 6.45) is 5.14. The van der Waals surface area contributed by atoms with E-state index in [9.17, 15) is 5.11 Å². The molecule has 1 fully saturated rings. The summed E-state index contributed by atoms with van der Waals surface area (Å²) in [5.41, 5.74) is -0.354. The molecule has 0 aromatic carbocycles. The van der Waals surface area contributed by atoms with E-state index < -0.39 is 0 Å². The minimum absolute atomic E-state index is 0.354. The van der Waals surface area contributed by atoms with Crippen LogP contribution in [0.2, 0.25) is 0 Å². The van der Waals surface area contributed by atoms with Crippen LogP contribution in [0.5, 0.6) is 0 Å². The molecule has 0 saturated carbocycles. The molecule has 1 saturated heterocycles. The second-order valence-electron chi connectivity index (χ2n) is 3.62. The maximum absolute atomic E-state index is 10.0. The fraction of sp³-hybridized carbons (Fsp3) is 1.00. The van der Waals surface area contributed by atoms with Crippen LogP contribution in [-0.2, 0) is 0 Å². The highest BCUT2D eigenvalue weighted by molar-refractivity contribution is 9.09. The SMILES string of the molecule is OC1(CCCCBr)CCNCC1. The summed E-state index contributed by atoms with van der Waals surface area (Å²) < 4.78 is 0. The molecule has 72 valence electrons. The van der Waals surface area contributed by atoms with Gasteiger partial charge in [0.2, 0.25) is 0 Å². The molecular formula is C9H18BrNO. The lowest BCUT2D eigenvalue weighted by Gasteiger charge is -2.32. The van der Waals surface area contributed by atoms with E-state index in [0.717, 1.165) is 44.1 Å². The highest BCUT2D eigenvalue weighted by Crippen LogP contribution is 2.24. The Morgan fingerprint density at radius 1 is 1.25 bits per heavy atom. The third kappa shape index (κ3) is 3.42. The Bertz CT molecular complexity index is 124. The van der Waals surface area contributed by atoms with Gasteiger partial charge in [-0.3, -0.25) is 0 Å². The van der Waals surface area contributed by atoms with Crippen molar-refractivity contribution in [1.82, 2.24) is 5.32 Å². The fourth-order valence-corrected chi connectivity index (χ4v) is 2.09. The number of unbranched alkanes of at least 4 members (excludes halogenated alkanes) is 1. The third-order valence-electron chi connectivity index (χ3n) is 2.56. The van der Waals surface area contributed by atoms with Crippen LogP contribution in [0.25, 0.3) is 0 Å². The highest BCUT2D eigenvalue weighted by Gasteiger charge is 2.27. The predicted octanol–water partition coefficient (Wildman–Crippen LogP) is 1.67. The van der Waals surface area contributed by atoms with Crippen LogP contribution in [-0.4, -0.2) is 29.1 Å². The van der Waals surface area contributed by atoms with Crippen molar-refractivity contribution in [3.05, 3.63) is 0 Å². The molecular weight excluding hydrogens is 218 g/mol. The second kappa shape index (κ2) is 5.20. The van der Waals surface area contributed by atoms with Gasteiger partial charge in [0.25, 0.3) is 0 Å². The predicted molar refractivity (Wildman–Crippen MR) is 54.7 cm³/mol. The number of rotatable bonds is 4. The van der Waals surface area contributed by atoms with Crippen molar-refractivity contribution in [2.45, 2.75) is 37.7 Å². The van der Waals surface area contributed by atoms with Crippen LogP contribution in [0.4, 0.5) is 0 Å². The van der Waals surface area contributed by atoms with Crippen LogP contribution in [0.3, 0.4) is 0 Å². The lowest BCUT2D eigenvalue weighted by molar-refractivity contribution is 0.000768. The monoisotopic (exact) mass is 235 g/mol. The van der Waals surface area contributed by atoms with Gasteiger partial charge in [0.05, 0.1) is 5.60 Å². The lowest BCUT2D eigenvalue weighted by Crippen LogP contribution is -2.41. The Kier molecular flexibility index (Phi) is 4.54. The summed E-state index contributed by atoms with van der Waals surface area (Å²) in [6, 6.07) is 0. The van der Waals surface area contributed by atoms with Gasteiger partial charge in [-0.25, -0.2) is 0 Å². The largest absolute Gasteiger partial charge is 0.390 e. The van der Waals surface area contributed by atoms with Gasteiger partial charge < -0.3 is 10.4 Å². The first-order chi connectivity index (χ1) is 5.77. The van der Waals surface area contributed by atoms with Crippen molar-refractivity contribution >= 4 is 15.9 Å². The topological polar surface area (TPSA) is 32.3 Å². The Hall–Kier alpha value is 0.400. The minimum Gasteiger partial charge on any atom is -0.390 e. The first-order valence-corrected chi connectivity index (χ1v) is 5.88. The smallest absolute Gasteiger partial charge is 0.0672 e.